The van der Waals surface area contributed by atoms with E-state index in [-0.39, 0.29) is 11.7 Å². The number of hydrogen-bond donors (Lipinski definition) is 0. The van der Waals surface area contributed by atoms with Gasteiger partial charge in [-0.1, -0.05) is 28.6 Å². The SMILES string of the molecule is C=C1C=NC=CC1C(=O)CCCBr. The van der Waals surface area contributed by atoms with E-state index in [0.29, 0.717) is 6.42 Å². The lowest BCUT2D eigenvalue weighted by atomic mass is 9.93. The Morgan fingerprint density at radius 1 is 1.69 bits per heavy atom. The molecule has 1 unspecified atom stereocenters. The molecule has 3 heteroatoms. The van der Waals surface area contributed by atoms with Crippen molar-refractivity contribution in [1.29, 1.82) is 0 Å². The van der Waals surface area contributed by atoms with E-state index >= 15 is 0 Å². The molecule has 0 aromatic carbocycles. The molecule has 70 valence electrons. The van der Waals surface area contributed by atoms with Crippen molar-refractivity contribution in [3.63, 3.8) is 0 Å². The van der Waals surface area contributed by atoms with Gasteiger partial charge in [0.05, 0.1) is 5.92 Å². The summed E-state index contributed by atoms with van der Waals surface area (Å²) in [5.41, 5.74) is 0.794. The molecule has 1 aliphatic heterocycles. The van der Waals surface area contributed by atoms with Crippen molar-refractivity contribution in [2.75, 3.05) is 5.33 Å². The smallest absolute Gasteiger partial charge is 0.144 e. The number of halogens is 1. The molecule has 0 saturated carbocycles. The fourth-order valence-corrected chi connectivity index (χ4v) is 1.47. The Balaban J connectivity index is 2.51. The van der Waals surface area contributed by atoms with Crippen molar-refractivity contribution < 1.29 is 4.79 Å². The van der Waals surface area contributed by atoms with E-state index in [1.165, 1.54) is 0 Å². The molecular formula is C10H12BrNO. The van der Waals surface area contributed by atoms with Gasteiger partial charge in [-0.2, -0.15) is 0 Å². The van der Waals surface area contributed by atoms with Gasteiger partial charge in [-0.3, -0.25) is 9.79 Å². The third kappa shape index (κ3) is 2.92. The fourth-order valence-electron chi connectivity index (χ4n) is 1.19. The highest BCUT2D eigenvalue weighted by Gasteiger charge is 2.18. The number of ketones is 1. The van der Waals surface area contributed by atoms with Crippen molar-refractivity contribution in [2.45, 2.75) is 12.8 Å². The Morgan fingerprint density at radius 2 is 2.46 bits per heavy atom. The van der Waals surface area contributed by atoms with Crippen LogP contribution in [0.1, 0.15) is 12.8 Å². The number of carbonyl (C=O) groups excluding carboxylic acids is 1. The van der Waals surface area contributed by atoms with Crippen LogP contribution < -0.4 is 0 Å². The van der Waals surface area contributed by atoms with Crippen LogP contribution in [0.2, 0.25) is 0 Å². The fraction of sp³-hybridized carbons (Fsp3) is 0.400. The van der Waals surface area contributed by atoms with Gasteiger partial charge in [0, 0.05) is 24.2 Å². The normalized spacial score (nSPS) is 20.7. The number of carbonyl (C=O) groups is 1. The molecule has 0 fully saturated rings. The zero-order chi connectivity index (χ0) is 9.68. The molecule has 1 heterocycles. The number of nitrogens with zero attached hydrogens (tertiary/aromatic N) is 1. The molecule has 13 heavy (non-hydrogen) atoms. The van der Waals surface area contributed by atoms with E-state index in [4.69, 9.17) is 0 Å². The summed E-state index contributed by atoms with van der Waals surface area (Å²) >= 11 is 3.30. The zero-order valence-corrected chi connectivity index (χ0v) is 8.96. The summed E-state index contributed by atoms with van der Waals surface area (Å²) in [4.78, 5) is 15.5. The molecule has 0 aliphatic carbocycles. The lowest BCUT2D eigenvalue weighted by Gasteiger charge is -2.12. The minimum atomic E-state index is -0.142. The summed E-state index contributed by atoms with van der Waals surface area (Å²) < 4.78 is 0. The van der Waals surface area contributed by atoms with Crippen LogP contribution in [0.4, 0.5) is 0 Å². The van der Waals surface area contributed by atoms with Gasteiger partial charge in [0.25, 0.3) is 0 Å². The van der Waals surface area contributed by atoms with E-state index in [9.17, 15) is 4.79 Å². The molecule has 0 radical (unpaired) electrons. The summed E-state index contributed by atoms with van der Waals surface area (Å²) in [6.07, 6.45) is 6.60. The summed E-state index contributed by atoms with van der Waals surface area (Å²) in [5.74, 6) is 0.0865. The highest BCUT2D eigenvalue weighted by molar-refractivity contribution is 9.09. The monoisotopic (exact) mass is 241 g/mol. The Bertz CT molecular complexity index is 268. The van der Waals surface area contributed by atoms with E-state index in [2.05, 4.69) is 27.5 Å². The molecule has 0 saturated heterocycles. The second-order valence-electron chi connectivity index (χ2n) is 2.93. The Kier molecular flexibility index (Phi) is 4.09. The van der Waals surface area contributed by atoms with Gasteiger partial charge >= 0.3 is 0 Å². The third-order valence-electron chi connectivity index (χ3n) is 1.91. The summed E-state index contributed by atoms with van der Waals surface area (Å²) in [7, 11) is 0. The molecule has 0 aromatic rings. The van der Waals surface area contributed by atoms with E-state index < -0.39 is 0 Å². The van der Waals surface area contributed by atoms with Crippen LogP contribution in [-0.2, 0) is 4.79 Å². The second-order valence-corrected chi connectivity index (χ2v) is 3.72. The quantitative estimate of drug-likeness (QED) is 0.696. The minimum Gasteiger partial charge on any atom is -0.299 e. The molecule has 0 aromatic heterocycles. The Morgan fingerprint density at radius 3 is 3.08 bits per heavy atom. The summed E-state index contributed by atoms with van der Waals surface area (Å²) in [6.45, 7) is 3.79. The first-order chi connectivity index (χ1) is 6.25. The zero-order valence-electron chi connectivity index (χ0n) is 7.37. The van der Waals surface area contributed by atoms with Gasteiger partial charge in [0.1, 0.15) is 5.78 Å². The van der Waals surface area contributed by atoms with Crippen molar-refractivity contribution in [3.05, 3.63) is 24.4 Å². The summed E-state index contributed by atoms with van der Waals surface area (Å²) in [6, 6.07) is 0. The first kappa shape index (κ1) is 10.4. The van der Waals surface area contributed by atoms with Gasteiger partial charge in [0.2, 0.25) is 0 Å². The lowest BCUT2D eigenvalue weighted by Crippen LogP contribution is -2.16. The van der Waals surface area contributed by atoms with Crippen LogP contribution >= 0.6 is 15.9 Å². The molecular weight excluding hydrogens is 230 g/mol. The lowest BCUT2D eigenvalue weighted by molar-refractivity contribution is -0.120. The van der Waals surface area contributed by atoms with Gasteiger partial charge < -0.3 is 0 Å². The first-order valence-electron chi connectivity index (χ1n) is 4.23. The van der Waals surface area contributed by atoms with Crippen LogP contribution in [0.5, 0.6) is 0 Å². The van der Waals surface area contributed by atoms with Gasteiger partial charge in [-0.25, -0.2) is 0 Å². The molecule has 0 bridgehead atoms. The molecule has 2 nitrogen and oxygen atoms in total. The Labute approximate surface area is 86.6 Å². The van der Waals surface area contributed by atoms with Crippen LogP contribution in [0, 0.1) is 5.92 Å². The maximum atomic E-state index is 11.6. The van der Waals surface area contributed by atoms with Gasteiger partial charge in [0.15, 0.2) is 0 Å². The van der Waals surface area contributed by atoms with E-state index in [1.54, 1.807) is 18.5 Å². The number of rotatable bonds is 4. The van der Waals surface area contributed by atoms with E-state index in [0.717, 1.165) is 17.3 Å². The number of aliphatic imine (C=N–C) groups is 1. The van der Waals surface area contributed by atoms with Crippen LogP contribution in [0.3, 0.4) is 0 Å². The Hall–Kier alpha value is -0.700. The maximum Gasteiger partial charge on any atom is 0.144 e. The standard InChI is InChI=1S/C10H12BrNO/c1-8-7-12-6-4-9(8)10(13)3-2-5-11/h4,6-7,9H,1-3,5H2. The highest BCUT2D eigenvalue weighted by atomic mass is 79.9. The molecule has 1 aliphatic rings. The predicted molar refractivity (Wildman–Crippen MR) is 58.3 cm³/mol. The van der Waals surface area contributed by atoms with Crippen molar-refractivity contribution in [2.24, 2.45) is 10.9 Å². The van der Waals surface area contributed by atoms with Crippen LogP contribution in [0.15, 0.2) is 29.4 Å². The van der Waals surface area contributed by atoms with Crippen molar-refractivity contribution in [1.82, 2.24) is 0 Å². The second kappa shape index (κ2) is 5.12. The average molecular weight is 242 g/mol. The summed E-state index contributed by atoms with van der Waals surface area (Å²) in [5, 5.41) is 0.871. The molecule has 0 spiro atoms. The largest absolute Gasteiger partial charge is 0.299 e. The number of alkyl halides is 1. The topological polar surface area (TPSA) is 29.4 Å². The molecule has 1 atom stereocenters. The highest BCUT2D eigenvalue weighted by Crippen LogP contribution is 2.17. The number of Topliss-reactive ketones (excluding diaryl/α,β-unsaturated/α-hetero) is 1. The first-order valence-corrected chi connectivity index (χ1v) is 5.35. The maximum absolute atomic E-state index is 11.6. The number of allylic oxidation sites excluding steroid dienone is 2. The van der Waals surface area contributed by atoms with Crippen LogP contribution in [-0.4, -0.2) is 17.3 Å². The number of hydrogen-bond acceptors (Lipinski definition) is 2. The third-order valence-corrected chi connectivity index (χ3v) is 2.47. The van der Waals surface area contributed by atoms with Gasteiger partial charge in [-0.15, -0.1) is 0 Å². The molecule has 1 rings (SSSR count). The van der Waals surface area contributed by atoms with Crippen LogP contribution in [0.25, 0.3) is 0 Å². The van der Waals surface area contributed by atoms with Crippen molar-refractivity contribution in [3.8, 4) is 0 Å². The van der Waals surface area contributed by atoms with Crippen molar-refractivity contribution >= 4 is 27.9 Å². The molecule has 0 amide bonds. The van der Waals surface area contributed by atoms with Gasteiger partial charge in [-0.05, 0) is 12.0 Å². The minimum absolute atomic E-state index is 0.142. The molecule has 0 N–H and O–H groups in total. The average Bonchev–Trinajstić information content (AvgIpc) is 2.15. The van der Waals surface area contributed by atoms with E-state index in [1.807, 2.05) is 0 Å². The predicted octanol–water partition coefficient (Wildman–Crippen LogP) is 2.50.